The number of nitrogens with one attached hydrogen (secondary N) is 1. The van der Waals surface area contributed by atoms with E-state index >= 15 is 0 Å². The molecule has 0 spiro atoms. The van der Waals surface area contributed by atoms with Crippen LogP contribution in [-0.4, -0.2) is 27.3 Å². The first-order valence-electron chi connectivity index (χ1n) is 5.45. The summed E-state index contributed by atoms with van der Waals surface area (Å²) in [7, 11) is 3.65. The van der Waals surface area contributed by atoms with Gasteiger partial charge in [-0.05, 0) is 36.0 Å². The summed E-state index contributed by atoms with van der Waals surface area (Å²) in [5.41, 5.74) is 1.08. The fraction of sp³-hybridized carbons (Fsp3) is 0.364. The SMILES string of the molecule is CNC(Cc1nnn(C)n1)c1cc(Cl)ccc1Br. The standard InChI is InChI=1S/C11H13BrClN5/c1-14-10(6-11-15-17-18(2)16-11)8-5-7(13)3-4-9(8)12/h3-5,10,14H,6H2,1-2H3. The Morgan fingerprint density at radius 2 is 2.28 bits per heavy atom. The van der Waals surface area contributed by atoms with Gasteiger partial charge in [-0.25, -0.2) is 0 Å². The molecule has 2 aromatic rings. The highest BCUT2D eigenvalue weighted by molar-refractivity contribution is 9.10. The Morgan fingerprint density at radius 1 is 1.50 bits per heavy atom. The Bertz CT molecular complexity index is 542. The average Bonchev–Trinajstić information content (AvgIpc) is 2.75. The van der Waals surface area contributed by atoms with Crippen LogP contribution >= 0.6 is 27.5 Å². The van der Waals surface area contributed by atoms with Crippen molar-refractivity contribution in [2.24, 2.45) is 7.05 Å². The van der Waals surface area contributed by atoms with E-state index in [1.54, 1.807) is 7.05 Å². The molecule has 18 heavy (non-hydrogen) atoms. The maximum atomic E-state index is 6.03. The summed E-state index contributed by atoms with van der Waals surface area (Å²) in [4.78, 5) is 1.45. The third-order valence-electron chi connectivity index (χ3n) is 2.62. The van der Waals surface area contributed by atoms with E-state index in [9.17, 15) is 0 Å². The third-order valence-corrected chi connectivity index (χ3v) is 3.58. The minimum absolute atomic E-state index is 0.0854. The smallest absolute Gasteiger partial charge is 0.176 e. The molecule has 0 amide bonds. The zero-order valence-electron chi connectivity index (χ0n) is 10.1. The van der Waals surface area contributed by atoms with E-state index in [4.69, 9.17) is 11.6 Å². The summed E-state index contributed by atoms with van der Waals surface area (Å²) in [6, 6.07) is 5.81. The van der Waals surface area contributed by atoms with Crippen molar-refractivity contribution < 1.29 is 0 Å². The topological polar surface area (TPSA) is 55.6 Å². The van der Waals surface area contributed by atoms with E-state index in [-0.39, 0.29) is 6.04 Å². The lowest BCUT2D eigenvalue weighted by atomic mass is 10.0. The van der Waals surface area contributed by atoms with Gasteiger partial charge in [-0.3, -0.25) is 0 Å². The quantitative estimate of drug-likeness (QED) is 0.933. The molecule has 1 atom stereocenters. The molecule has 1 aromatic heterocycles. The number of hydrogen-bond acceptors (Lipinski definition) is 4. The number of rotatable bonds is 4. The highest BCUT2D eigenvalue weighted by atomic mass is 79.9. The lowest BCUT2D eigenvalue weighted by Gasteiger charge is -2.16. The summed E-state index contributed by atoms with van der Waals surface area (Å²) >= 11 is 9.56. The molecule has 0 aliphatic carbocycles. The van der Waals surface area contributed by atoms with Crippen LogP contribution in [0.25, 0.3) is 0 Å². The van der Waals surface area contributed by atoms with Gasteiger partial charge < -0.3 is 5.32 Å². The fourth-order valence-corrected chi connectivity index (χ4v) is 2.44. The molecule has 96 valence electrons. The molecular weight excluding hydrogens is 318 g/mol. The monoisotopic (exact) mass is 329 g/mol. The number of likely N-dealkylation sites (N-methyl/N-ethyl adjacent to an activating group) is 1. The van der Waals surface area contributed by atoms with Gasteiger partial charge >= 0.3 is 0 Å². The second-order valence-electron chi connectivity index (χ2n) is 3.91. The van der Waals surface area contributed by atoms with E-state index in [1.807, 2.05) is 25.2 Å². The largest absolute Gasteiger partial charge is 0.313 e. The van der Waals surface area contributed by atoms with Crippen LogP contribution in [0.3, 0.4) is 0 Å². The van der Waals surface area contributed by atoms with Gasteiger partial charge in [0.15, 0.2) is 5.82 Å². The van der Waals surface area contributed by atoms with Gasteiger partial charge in [0.2, 0.25) is 0 Å². The van der Waals surface area contributed by atoms with Crippen molar-refractivity contribution in [3.63, 3.8) is 0 Å². The lowest BCUT2D eigenvalue weighted by molar-refractivity contribution is 0.568. The van der Waals surface area contributed by atoms with E-state index in [0.717, 1.165) is 10.0 Å². The number of aryl methyl sites for hydroxylation is 1. The second-order valence-corrected chi connectivity index (χ2v) is 5.20. The molecule has 1 heterocycles. The van der Waals surface area contributed by atoms with Crippen molar-refractivity contribution in [2.75, 3.05) is 7.05 Å². The number of hydrogen-bond donors (Lipinski definition) is 1. The van der Waals surface area contributed by atoms with Crippen molar-refractivity contribution in [3.05, 3.63) is 39.1 Å². The molecule has 1 N–H and O–H groups in total. The molecule has 0 aliphatic heterocycles. The van der Waals surface area contributed by atoms with Gasteiger partial charge in [-0.2, -0.15) is 4.80 Å². The lowest BCUT2D eigenvalue weighted by Crippen LogP contribution is -2.20. The van der Waals surface area contributed by atoms with Crippen molar-refractivity contribution in [1.82, 2.24) is 25.5 Å². The molecule has 0 bridgehead atoms. The maximum Gasteiger partial charge on any atom is 0.176 e. The van der Waals surface area contributed by atoms with Gasteiger partial charge in [0.1, 0.15) is 0 Å². The van der Waals surface area contributed by atoms with Gasteiger partial charge in [0.25, 0.3) is 0 Å². The molecule has 5 nitrogen and oxygen atoms in total. The van der Waals surface area contributed by atoms with Crippen LogP contribution in [0.15, 0.2) is 22.7 Å². The minimum Gasteiger partial charge on any atom is -0.313 e. The van der Waals surface area contributed by atoms with E-state index in [1.165, 1.54) is 4.80 Å². The first-order valence-corrected chi connectivity index (χ1v) is 6.62. The van der Waals surface area contributed by atoms with Crippen molar-refractivity contribution >= 4 is 27.5 Å². The fourth-order valence-electron chi connectivity index (χ4n) is 1.74. The molecule has 2 rings (SSSR count). The molecule has 0 saturated carbocycles. The van der Waals surface area contributed by atoms with Crippen molar-refractivity contribution in [3.8, 4) is 0 Å². The molecule has 0 aliphatic rings. The van der Waals surface area contributed by atoms with E-state index < -0.39 is 0 Å². The predicted molar refractivity (Wildman–Crippen MR) is 73.5 cm³/mol. The molecular formula is C11H13BrClN5. The summed E-state index contributed by atoms with van der Waals surface area (Å²) in [5.74, 6) is 0.698. The summed E-state index contributed by atoms with van der Waals surface area (Å²) in [6.45, 7) is 0. The van der Waals surface area contributed by atoms with Crippen LogP contribution in [0.1, 0.15) is 17.4 Å². The highest BCUT2D eigenvalue weighted by Crippen LogP contribution is 2.28. The Hall–Kier alpha value is -0.980. The molecule has 1 unspecified atom stereocenters. The number of tetrazole rings is 1. The van der Waals surface area contributed by atoms with Crippen LogP contribution in [0.4, 0.5) is 0 Å². The van der Waals surface area contributed by atoms with Gasteiger partial charge in [0, 0.05) is 22.0 Å². The van der Waals surface area contributed by atoms with Gasteiger partial charge in [0.05, 0.1) is 7.05 Å². The number of aromatic nitrogens is 4. The normalized spacial score (nSPS) is 12.7. The maximum absolute atomic E-state index is 6.03. The minimum atomic E-state index is 0.0854. The summed E-state index contributed by atoms with van der Waals surface area (Å²) in [6.07, 6.45) is 0.656. The third kappa shape index (κ3) is 3.07. The van der Waals surface area contributed by atoms with E-state index in [0.29, 0.717) is 17.3 Å². The first-order chi connectivity index (χ1) is 8.60. The zero-order valence-corrected chi connectivity index (χ0v) is 12.4. The molecule has 0 saturated heterocycles. The van der Waals surface area contributed by atoms with Crippen molar-refractivity contribution in [1.29, 1.82) is 0 Å². The van der Waals surface area contributed by atoms with E-state index in [2.05, 4.69) is 36.7 Å². The Kier molecular flexibility index (Phi) is 4.31. The van der Waals surface area contributed by atoms with Crippen LogP contribution in [0, 0.1) is 0 Å². The molecule has 0 radical (unpaired) electrons. The number of benzene rings is 1. The first kappa shape index (κ1) is 13.5. The Balaban J connectivity index is 2.25. The predicted octanol–water partition coefficient (Wildman–Crippen LogP) is 2.13. The second kappa shape index (κ2) is 5.77. The Morgan fingerprint density at radius 3 is 2.89 bits per heavy atom. The van der Waals surface area contributed by atoms with Gasteiger partial charge in [-0.1, -0.05) is 27.5 Å². The molecule has 7 heteroatoms. The van der Waals surface area contributed by atoms with Crippen LogP contribution < -0.4 is 5.32 Å². The zero-order chi connectivity index (χ0) is 13.1. The molecule has 1 aromatic carbocycles. The number of halogens is 2. The van der Waals surface area contributed by atoms with Gasteiger partial charge in [-0.15, -0.1) is 10.2 Å². The van der Waals surface area contributed by atoms with Crippen LogP contribution in [0.2, 0.25) is 5.02 Å². The summed E-state index contributed by atoms with van der Waals surface area (Å²) in [5, 5.41) is 16.0. The number of nitrogens with zero attached hydrogens (tertiary/aromatic N) is 4. The molecule has 0 fully saturated rings. The van der Waals surface area contributed by atoms with Crippen LogP contribution in [-0.2, 0) is 13.5 Å². The summed E-state index contributed by atoms with van der Waals surface area (Å²) < 4.78 is 1.01. The van der Waals surface area contributed by atoms with Crippen LogP contribution in [0.5, 0.6) is 0 Å². The average molecular weight is 331 g/mol. The highest BCUT2D eigenvalue weighted by Gasteiger charge is 2.16. The van der Waals surface area contributed by atoms with Crippen molar-refractivity contribution in [2.45, 2.75) is 12.5 Å². The Labute approximate surface area is 119 Å².